The Morgan fingerprint density at radius 1 is 1.20 bits per heavy atom. The summed E-state index contributed by atoms with van der Waals surface area (Å²) in [5, 5.41) is 9.39. The molecule has 1 amide bonds. The smallest absolute Gasteiger partial charge is 0.224 e. The van der Waals surface area contributed by atoms with E-state index in [9.17, 15) is 4.79 Å². The number of benzene rings is 1. The highest BCUT2D eigenvalue weighted by atomic mass is 127. The molecule has 0 spiro atoms. The van der Waals surface area contributed by atoms with Gasteiger partial charge in [-0.2, -0.15) is 0 Å². The number of aliphatic imine (C=N–C) groups is 1. The number of nitrogens with zero attached hydrogens (tertiary/aromatic N) is 2. The average Bonchev–Trinajstić information content (AvgIpc) is 3.14. The maximum Gasteiger partial charge on any atom is 0.224 e. The SMILES string of the molecule is CCCC(=O)Nc1cccc(CN=C(NCC)NCc2ncc(C(C)(C)C)o2)c1.I. The molecule has 0 fully saturated rings. The number of hydrogen-bond donors (Lipinski definition) is 3. The van der Waals surface area contributed by atoms with E-state index < -0.39 is 0 Å². The van der Waals surface area contributed by atoms with Gasteiger partial charge >= 0.3 is 0 Å². The van der Waals surface area contributed by atoms with Gasteiger partial charge in [0.2, 0.25) is 11.8 Å². The van der Waals surface area contributed by atoms with E-state index in [0.717, 1.165) is 30.0 Å². The van der Waals surface area contributed by atoms with Gasteiger partial charge in [0.15, 0.2) is 5.96 Å². The maximum atomic E-state index is 11.8. The summed E-state index contributed by atoms with van der Waals surface area (Å²) in [5.74, 6) is 2.20. The Bertz CT molecular complexity index is 827. The highest BCUT2D eigenvalue weighted by molar-refractivity contribution is 14.0. The Kier molecular flexibility index (Phi) is 10.9. The van der Waals surface area contributed by atoms with E-state index in [4.69, 9.17) is 4.42 Å². The number of guanidine groups is 1. The van der Waals surface area contributed by atoms with Crippen molar-refractivity contribution in [1.29, 1.82) is 0 Å². The molecule has 1 aromatic heterocycles. The van der Waals surface area contributed by atoms with Crippen LogP contribution in [0.1, 0.15) is 64.7 Å². The fourth-order valence-electron chi connectivity index (χ4n) is 2.61. The van der Waals surface area contributed by atoms with Crippen molar-refractivity contribution in [2.75, 3.05) is 11.9 Å². The largest absolute Gasteiger partial charge is 0.443 e. The van der Waals surface area contributed by atoms with Crippen molar-refractivity contribution in [1.82, 2.24) is 15.6 Å². The first-order valence-electron chi connectivity index (χ1n) is 10.2. The molecular formula is C22H34IN5O2. The fourth-order valence-corrected chi connectivity index (χ4v) is 2.61. The van der Waals surface area contributed by atoms with Crippen LogP contribution in [0.4, 0.5) is 5.69 Å². The summed E-state index contributed by atoms with van der Waals surface area (Å²) in [6.45, 7) is 12.0. The molecule has 1 aromatic carbocycles. The number of anilines is 1. The lowest BCUT2D eigenvalue weighted by Gasteiger charge is -2.13. The minimum Gasteiger partial charge on any atom is -0.443 e. The molecule has 7 nitrogen and oxygen atoms in total. The summed E-state index contributed by atoms with van der Waals surface area (Å²) in [6, 6.07) is 7.75. The summed E-state index contributed by atoms with van der Waals surface area (Å²) in [7, 11) is 0. The van der Waals surface area contributed by atoms with Crippen LogP contribution < -0.4 is 16.0 Å². The minimum atomic E-state index is -0.0681. The molecule has 0 unspecified atom stereocenters. The quantitative estimate of drug-likeness (QED) is 0.266. The van der Waals surface area contributed by atoms with Crippen LogP contribution in [0.3, 0.4) is 0 Å². The zero-order valence-electron chi connectivity index (χ0n) is 18.5. The number of aromatic nitrogens is 1. The van der Waals surface area contributed by atoms with Crippen molar-refractivity contribution >= 4 is 41.5 Å². The second-order valence-electron chi connectivity index (χ2n) is 7.92. The standard InChI is InChI=1S/C22H33N5O2.HI/c1-6-9-19(28)27-17-11-8-10-16(12-17)13-25-21(23-7-2)26-15-20-24-14-18(29-20)22(3,4)5;/h8,10-12,14H,6-7,9,13,15H2,1-5H3,(H,27,28)(H2,23,25,26);1H. The van der Waals surface area contributed by atoms with Crippen molar-refractivity contribution < 1.29 is 9.21 Å². The van der Waals surface area contributed by atoms with Gasteiger partial charge in [-0.15, -0.1) is 24.0 Å². The van der Waals surface area contributed by atoms with Crippen molar-refractivity contribution in [3.8, 4) is 0 Å². The van der Waals surface area contributed by atoms with Crippen molar-refractivity contribution in [3.63, 3.8) is 0 Å². The molecule has 0 saturated carbocycles. The normalized spacial score (nSPS) is 11.6. The zero-order chi connectivity index (χ0) is 21.3. The van der Waals surface area contributed by atoms with E-state index in [-0.39, 0.29) is 35.3 Å². The first-order chi connectivity index (χ1) is 13.8. The second-order valence-corrected chi connectivity index (χ2v) is 7.92. The van der Waals surface area contributed by atoms with Crippen LogP contribution in [0.5, 0.6) is 0 Å². The van der Waals surface area contributed by atoms with Gasteiger partial charge < -0.3 is 20.4 Å². The van der Waals surface area contributed by atoms with E-state index in [2.05, 4.69) is 46.7 Å². The first kappa shape index (κ1) is 25.9. The molecular weight excluding hydrogens is 493 g/mol. The van der Waals surface area contributed by atoms with Gasteiger partial charge in [0.05, 0.1) is 19.3 Å². The van der Waals surface area contributed by atoms with E-state index in [1.807, 2.05) is 38.1 Å². The monoisotopic (exact) mass is 527 g/mol. The molecule has 30 heavy (non-hydrogen) atoms. The lowest BCUT2D eigenvalue weighted by atomic mass is 9.94. The first-order valence-corrected chi connectivity index (χ1v) is 10.2. The number of nitrogens with one attached hydrogen (secondary N) is 3. The highest BCUT2D eigenvalue weighted by Gasteiger charge is 2.19. The van der Waals surface area contributed by atoms with Gasteiger partial charge in [0.25, 0.3) is 0 Å². The van der Waals surface area contributed by atoms with Crippen LogP contribution in [-0.4, -0.2) is 23.4 Å². The minimum absolute atomic E-state index is 0. The van der Waals surface area contributed by atoms with Crippen molar-refractivity contribution in [2.24, 2.45) is 4.99 Å². The van der Waals surface area contributed by atoms with Crippen LogP contribution in [0, 0.1) is 0 Å². The van der Waals surface area contributed by atoms with E-state index in [1.165, 1.54) is 0 Å². The number of hydrogen-bond acceptors (Lipinski definition) is 4. The number of carbonyl (C=O) groups excluding carboxylic acids is 1. The lowest BCUT2D eigenvalue weighted by Crippen LogP contribution is -2.36. The average molecular weight is 527 g/mol. The Labute approximate surface area is 196 Å². The number of amides is 1. The van der Waals surface area contributed by atoms with Crippen LogP contribution in [0.2, 0.25) is 0 Å². The van der Waals surface area contributed by atoms with Crippen molar-refractivity contribution in [3.05, 3.63) is 47.7 Å². The Hall–Kier alpha value is -2.10. The van der Waals surface area contributed by atoms with Gasteiger partial charge in [-0.3, -0.25) is 4.79 Å². The molecule has 0 aliphatic rings. The lowest BCUT2D eigenvalue weighted by molar-refractivity contribution is -0.116. The summed E-state index contributed by atoms with van der Waals surface area (Å²) in [4.78, 5) is 20.7. The molecule has 0 atom stereocenters. The predicted octanol–water partition coefficient (Wildman–Crippen LogP) is 4.58. The summed E-state index contributed by atoms with van der Waals surface area (Å²) >= 11 is 0. The zero-order valence-corrected chi connectivity index (χ0v) is 20.9. The molecule has 0 bridgehead atoms. The predicted molar refractivity (Wildman–Crippen MR) is 132 cm³/mol. The van der Waals surface area contributed by atoms with E-state index in [1.54, 1.807) is 6.20 Å². The third kappa shape index (κ3) is 8.73. The van der Waals surface area contributed by atoms with Gasteiger partial charge in [0.1, 0.15) is 5.76 Å². The number of oxazole rings is 1. The Morgan fingerprint density at radius 2 is 1.97 bits per heavy atom. The molecule has 0 saturated heterocycles. The van der Waals surface area contributed by atoms with Crippen LogP contribution in [0.15, 0.2) is 39.9 Å². The van der Waals surface area contributed by atoms with E-state index >= 15 is 0 Å². The van der Waals surface area contributed by atoms with Crippen LogP contribution in [0.25, 0.3) is 0 Å². The molecule has 3 N–H and O–H groups in total. The van der Waals surface area contributed by atoms with Crippen molar-refractivity contribution in [2.45, 2.75) is 66.0 Å². The number of halogens is 1. The maximum absolute atomic E-state index is 11.8. The highest BCUT2D eigenvalue weighted by Crippen LogP contribution is 2.22. The molecule has 0 aliphatic heterocycles. The topological polar surface area (TPSA) is 91.5 Å². The molecule has 2 aromatic rings. The van der Waals surface area contributed by atoms with Gasteiger partial charge in [-0.1, -0.05) is 39.8 Å². The summed E-state index contributed by atoms with van der Waals surface area (Å²) in [6.07, 6.45) is 3.13. The Balaban J connectivity index is 0.00000450. The molecule has 166 valence electrons. The number of rotatable bonds is 8. The summed E-state index contributed by atoms with van der Waals surface area (Å²) in [5.41, 5.74) is 1.74. The van der Waals surface area contributed by atoms with Crippen LogP contribution in [-0.2, 0) is 23.3 Å². The third-order valence-electron chi connectivity index (χ3n) is 4.15. The third-order valence-corrected chi connectivity index (χ3v) is 4.15. The number of carbonyl (C=O) groups is 1. The van der Waals surface area contributed by atoms with Gasteiger partial charge in [-0.05, 0) is 31.0 Å². The van der Waals surface area contributed by atoms with E-state index in [0.29, 0.717) is 31.4 Å². The Morgan fingerprint density at radius 3 is 2.60 bits per heavy atom. The molecule has 2 rings (SSSR count). The fraction of sp³-hybridized carbons (Fsp3) is 0.500. The van der Waals surface area contributed by atoms with Gasteiger partial charge in [0, 0.05) is 24.1 Å². The molecule has 8 heteroatoms. The molecule has 0 radical (unpaired) electrons. The van der Waals surface area contributed by atoms with Gasteiger partial charge in [-0.25, -0.2) is 9.98 Å². The molecule has 0 aliphatic carbocycles. The molecule has 1 heterocycles. The van der Waals surface area contributed by atoms with Crippen LogP contribution >= 0.6 is 24.0 Å². The second kappa shape index (κ2) is 12.6. The summed E-state index contributed by atoms with van der Waals surface area (Å²) < 4.78 is 5.82.